The lowest BCUT2D eigenvalue weighted by Crippen LogP contribution is -2.11. The van der Waals surface area contributed by atoms with Crippen LogP contribution in [0.1, 0.15) is 0 Å². The highest BCUT2D eigenvalue weighted by Crippen LogP contribution is 2.47. The summed E-state index contributed by atoms with van der Waals surface area (Å²) in [5.41, 5.74) is 14.1. The number of para-hydroxylation sites is 4. The number of rotatable bonds is 7. The van der Waals surface area contributed by atoms with Crippen LogP contribution in [-0.2, 0) is 0 Å². The lowest BCUT2D eigenvalue weighted by molar-refractivity contribution is 1.18. The van der Waals surface area contributed by atoms with Gasteiger partial charge >= 0.3 is 0 Å². The van der Waals surface area contributed by atoms with Gasteiger partial charge in [0.05, 0.1) is 22.4 Å². The summed E-state index contributed by atoms with van der Waals surface area (Å²) in [4.78, 5) is 2.43. The summed E-state index contributed by atoms with van der Waals surface area (Å²) in [7, 11) is 0. The van der Waals surface area contributed by atoms with Crippen LogP contribution in [0.3, 0.4) is 0 Å². The minimum absolute atomic E-state index is 1.09. The van der Waals surface area contributed by atoms with E-state index in [9.17, 15) is 0 Å². The van der Waals surface area contributed by atoms with Gasteiger partial charge in [0.2, 0.25) is 0 Å². The van der Waals surface area contributed by atoms with Crippen LogP contribution in [-0.4, -0.2) is 4.57 Å². The summed E-state index contributed by atoms with van der Waals surface area (Å²) < 4.78 is 5.02. The molecule has 286 valence electrons. The Morgan fingerprint density at radius 2 is 0.885 bits per heavy atom. The first kappa shape index (κ1) is 35.2. The SMILES string of the molecule is c1ccc(N(c2ccc(-c3ccc4ccccc4c3)cc2)c2ccc(-c3ccccc3-n3c4ccccc4c4ccccc43)cc2)c(-c2cccc3sc4ccccc4c23)c1. The van der Waals surface area contributed by atoms with Crippen molar-refractivity contribution < 1.29 is 0 Å². The number of aromatic nitrogens is 1. The Morgan fingerprint density at radius 3 is 1.64 bits per heavy atom. The van der Waals surface area contributed by atoms with Crippen molar-refractivity contribution in [2.45, 2.75) is 0 Å². The van der Waals surface area contributed by atoms with Gasteiger partial charge in [0.25, 0.3) is 0 Å². The molecule has 0 aliphatic heterocycles. The van der Waals surface area contributed by atoms with Gasteiger partial charge in [-0.3, -0.25) is 0 Å². The number of fused-ring (bicyclic) bond motifs is 7. The summed E-state index contributed by atoms with van der Waals surface area (Å²) in [5, 5.41) is 7.62. The van der Waals surface area contributed by atoms with Gasteiger partial charge in [-0.1, -0.05) is 164 Å². The van der Waals surface area contributed by atoms with Gasteiger partial charge in [0, 0.05) is 53.4 Å². The maximum atomic E-state index is 2.43. The zero-order valence-electron chi connectivity index (χ0n) is 33.2. The van der Waals surface area contributed by atoms with Crippen LogP contribution in [0.4, 0.5) is 17.1 Å². The molecule has 12 rings (SSSR count). The predicted molar refractivity (Wildman–Crippen MR) is 262 cm³/mol. The molecule has 2 aromatic heterocycles. The number of hydrogen-bond acceptors (Lipinski definition) is 2. The van der Waals surface area contributed by atoms with Crippen LogP contribution < -0.4 is 4.90 Å². The lowest BCUT2D eigenvalue weighted by atomic mass is 9.96. The Balaban J connectivity index is 1.01. The molecule has 0 fully saturated rings. The van der Waals surface area contributed by atoms with Gasteiger partial charge in [0.1, 0.15) is 0 Å². The summed E-state index contributed by atoms with van der Waals surface area (Å²) in [6.07, 6.45) is 0. The summed E-state index contributed by atoms with van der Waals surface area (Å²) in [6, 6.07) is 84.2. The highest BCUT2D eigenvalue weighted by Gasteiger charge is 2.21. The zero-order chi connectivity index (χ0) is 40.3. The van der Waals surface area contributed by atoms with E-state index in [4.69, 9.17) is 0 Å². The van der Waals surface area contributed by atoms with Crippen molar-refractivity contribution in [3.05, 3.63) is 231 Å². The van der Waals surface area contributed by atoms with Gasteiger partial charge in [-0.05, 0) is 99.8 Å². The minimum atomic E-state index is 1.09. The van der Waals surface area contributed by atoms with Crippen molar-refractivity contribution in [3.8, 4) is 39.1 Å². The molecule has 0 amide bonds. The normalized spacial score (nSPS) is 11.6. The smallest absolute Gasteiger partial charge is 0.0541 e. The Kier molecular flexibility index (Phi) is 8.39. The Morgan fingerprint density at radius 1 is 0.344 bits per heavy atom. The zero-order valence-corrected chi connectivity index (χ0v) is 34.1. The van der Waals surface area contributed by atoms with Gasteiger partial charge in [-0.2, -0.15) is 0 Å². The van der Waals surface area contributed by atoms with Crippen LogP contribution in [0.5, 0.6) is 0 Å². The molecule has 2 nitrogen and oxygen atoms in total. The molecule has 61 heavy (non-hydrogen) atoms. The average Bonchev–Trinajstić information content (AvgIpc) is 3.88. The second-order valence-electron chi connectivity index (χ2n) is 15.7. The highest BCUT2D eigenvalue weighted by atomic mass is 32.1. The Labute approximate surface area is 358 Å². The summed E-state index contributed by atoms with van der Waals surface area (Å²) >= 11 is 1.86. The molecular formula is C58H38N2S. The van der Waals surface area contributed by atoms with Crippen molar-refractivity contribution >= 4 is 81.1 Å². The molecule has 0 aliphatic carbocycles. The van der Waals surface area contributed by atoms with E-state index in [1.807, 2.05) is 11.3 Å². The van der Waals surface area contributed by atoms with Crippen LogP contribution >= 0.6 is 11.3 Å². The second-order valence-corrected chi connectivity index (χ2v) is 16.8. The number of anilines is 3. The molecule has 0 bridgehead atoms. The molecule has 0 N–H and O–H groups in total. The molecule has 0 unspecified atom stereocenters. The molecule has 0 radical (unpaired) electrons. The third-order valence-electron chi connectivity index (χ3n) is 12.2. The molecule has 12 aromatic rings. The number of nitrogens with zero attached hydrogens (tertiary/aromatic N) is 2. The van der Waals surface area contributed by atoms with Crippen LogP contribution in [0.15, 0.2) is 231 Å². The molecule has 2 heterocycles. The third kappa shape index (κ3) is 5.93. The number of hydrogen-bond donors (Lipinski definition) is 0. The summed E-state index contributed by atoms with van der Waals surface area (Å²) in [5.74, 6) is 0. The average molecular weight is 795 g/mol. The van der Waals surface area contributed by atoms with Gasteiger partial charge in [-0.25, -0.2) is 0 Å². The van der Waals surface area contributed by atoms with E-state index in [1.54, 1.807) is 0 Å². The maximum absolute atomic E-state index is 2.43. The van der Waals surface area contributed by atoms with Gasteiger partial charge in [-0.15, -0.1) is 11.3 Å². The monoisotopic (exact) mass is 794 g/mol. The molecule has 0 aliphatic rings. The van der Waals surface area contributed by atoms with Gasteiger partial charge < -0.3 is 9.47 Å². The fourth-order valence-electron chi connectivity index (χ4n) is 9.38. The number of benzene rings is 10. The first-order valence-corrected chi connectivity index (χ1v) is 21.7. The molecule has 0 saturated carbocycles. The second kappa shape index (κ2) is 14.5. The summed E-state index contributed by atoms with van der Waals surface area (Å²) in [6.45, 7) is 0. The standard InChI is InChI=1S/C58H38N2S/c1-2-15-42-38-43(29-28-39(42)14-1)40-30-34-44(35-31-40)59(53-23-9-6-19-49(53)50-21-13-27-57-58(50)51-20-7-12-26-56(51)61-57)45-36-32-41(33-37-45)46-16-3-8-22-52(46)60-54-24-10-4-17-47(54)48-18-5-11-25-55(48)60/h1-38H. The minimum Gasteiger partial charge on any atom is -0.310 e. The van der Waals surface area contributed by atoms with Gasteiger partial charge in [0.15, 0.2) is 0 Å². The van der Waals surface area contributed by atoms with E-state index in [-0.39, 0.29) is 0 Å². The quantitative estimate of drug-likeness (QED) is 0.156. The molecule has 0 spiro atoms. The molecular weight excluding hydrogens is 757 g/mol. The topological polar surface area (TPSA) is 8.17 Å². The van der Waals surface area contributed by atoms with Crippen LogP contribution in [0, 0.1) is 0 Å². The van der Waals surface area contributed by atoms with Crippen molar-refractivity contribution in [3.63, 3.8) is 0 Å². The predicted octanol–water partition coefficient (Wildman–Crippen LogP) is 16.8. The fraction of sp³-hybridized carbons (Fsp3) is 0. The van der Waals surface area contributed by atoms with Crippen LogP contribution in [0.25, 0.3) is 91.8 Å². The van der Waals surface area contributed by atoms with E-state index in [1.165, 1.54) is 80.6 Å². The van der Waals surface area contributed by atoms with Crippen LogP contribution in [0.2, 0.25) is 0 Å². The molecule has 10 aromatic carbocycles. The Bertz CT molecular complexity index is 3540. The molecule has 3 heteroatoms. The largest absolute Gasteiger partial charge is 0.310 e. The van der Waals surface area contributed by atoms with E-state index >= 15 is 0 Å². The maximum Gasteiger partial charge on any atom is 0.0541 e. The lowest BCUT2D eigenvalue weighted by Gasteiger charge is -2.28. The fourth-order valence-corrected chi connectivity index (χ4v) is 10.5. The van der Waals surface area contributed by atoms with Crippen molar-refractivity contribution in [1.29, 1.82) is 0 Å². The molecule has 0 atom stereocenters. The first-order valence-electron chi connectivity index (χ1n) is 20.8. The number of thiophene rings is 1. The van der Waals surface area contributed by atoms with E-state index in [0.717, 1.165) is 28.3 Å². The first-order chi connectivity index (χ1) is 30.3. The Hall–Kier alpha value is -7.72. The van der Waals surface area contributed by atoms with E-state index in [0.29, 0.717) is 0 Å². The highest BCUT2D eigenvalue weighted by molar-refractivity contribution is 7.25. The van der Waals surface area contributed by atoms with E-state index in [2.05, 4.69) is 240 Å². The van der Waals surface area contributed by atoms with Crippen molar-refractivity contribution in [2.75, 3.05) is 4.90 Å². The van der Waals surface area contributed by atoms with Crippen molar-refractivity contribution in [2.24, 2.45) is 0 Å². The van der Waals surface area contributed by atoms with E-state index < -0.39 is 0 Å². The van der Waals surface area contributed by atoms with Crippen molar-refractivity contribution in [1.82, 2.24) is 4.57 Å². The third-order valence-corrected chi connectivity index (χ3v) is 13.3. The molecule has 0 saturated heterocycles.